The van der Waals surface area contributed by atoms with Gasteiger partial charge in [0.25, 0.3) is 5.91 Å². The average molecular weight is 277 g/mol. The van der Waals surface area contributed by atoms with Crippen LogP contribution in [0.25, 0.3) is 0 Å². The molecule has 2 atom stereocenters. The van der Waals surface area contributed by atoms with E-state index in [1.807, 2.05) is 13.0 Å². The fraction of sp³-hybridized carbons (Fsp3) is 0.600. The Kier molecular flexibility index (Phi) is 5.35. The van der Waals surface area contributed by atoms with Crippen LogP contribution in [-0.4, -0.2) is 35.2 Å². The van der Waals surface area contributed by atoms with Crippen LogP contribution in [0.5, 0.6) is 0 Å². The van der Waals surface area contributed by atoms with Gasteiger partial charge in [0.15, 0.2) is 0 Å². The maximum Gasteiger partial charge on any atom is 0.252 e. The summed E-state index contributed by atoms with van der Waals surface area (Å²) in [6.45, 7) is 2.75. The summed E-state index contributed by atoms with van der Waals surface area (Å²) in [5, 5.41) is 15.2. The zero-order chi connectivity index (χ0) is 14.4. The molecule has 0 bridgehead atoms. The molecule has 1 heterocycles. The third-order valence-corrected chi connectivity index (χ3v) is 3.86. The molecular formula is C15H23N3O2. The number of nitrogens with one attached hydrogen (secondary N) is 2. The van der Waals surface area contributed by atoms with Crippen LogP contribution in [0.1, 0.15) is 43.0 Å². The van der Waals surface area contributed by atoms with E-state index in [9.17, 15) is 4.79 Å². The lowest BCUT2D eigenvalue weighted by atomic mass is 10.00. The first-order chi connectivity index (χ1) is 9.74. The molecule has 2 unspecified atom stereocenters. The largest absolute Gasteiger partial charge is 0.396 e. The second-order valence-corrected chi connectivity index (χ2v) is 5.25. The molecule has 20 heavy (non-hydrogen) atoms. The highest BCUT2D eigenvalue weighted by atomic mass is 16.3. The Labute approximate surface area is 119 Å². The van der Waals surface area contributed by atoms with Gasteiger partial charge in [0.05, 0.1) is 5.56 Å². The molecular weight excluding hydrogens is 254 g/mol. The molecule has 2 rings (SSSR count). The first-order valence-electron chi connectivity index (χ1n) is 7.36. The average Bonchev–Trinajstić information content (AvgIpc) is 2.88. The van der Waals surface area contributed by atoms with Crippen molar-refractivity contribution in [3.05, 3.63) is 23.9 Å². The summed E-state index contributed by atoms with van der Waals surface area (Å²) in [7, 11) is 0. The number of aromatic nitrogens is 1. The van der Waals surface area contributed by atoms with E-state index in [2.05, 4.69) is 15.6 Å². The standard InChI is InChI=1S/C15H23N3O2/c1-2-16-15(20)12-6-7-14(17-10-12)18-13-5-3-4-11(13)8-9-19/h6-7,10-11,13,19H,2-5,8-9H2,1H3,(H,16,20)(H,17,18). The van der Waals surface area contributed by atoms with E-state index < -0.39 is 0 Å². The summed E-state index contributed by atoms with van der Waals surface area (Å²) in [5.74, 6) is 1.23. The lowest BCUT2D eigenvalue weighted by Crippen LogP contribution is -2.25. The predicted octanol–water partition coefficient (Wildman–Crippen LogP) is 1.79. The fourth-order valence-corrected chi connectivity index (χ4v) is 2.80. The fourth-order valence-electron chi connectivity index (χ4n) is 2.80. The Morgan fingerprint density at radius 3 is 2.95 bits per heavy atom. The van der Waals surface area contributed by atoms with Gasteiger partial charge in [-0.1, -0.05) is 6.42 Å². The second kappa shape index (κ2) is 7.24. The van der Waals surface area contributed by atoms with E-state index in [1.165, 1.54) is 6.42 Å². The summed E-state index contributed by atoms with van der Waals surface area (Å²) in [6, 6.07) is 4.01. The Bertz CT molecular complexity index is 433. The van der Waals surface area contributed by atoms with Gasteiger partial charge in [-0.15, -0.1) is 0 Å². The van der Waals surface area contributed by atoms with Crippen molar-refractivity contribution in [1.29, 1.82) is 0 Å². The number of rotatable bonds is 6. The van der Waals surface area contributed by atoms with Crippen molar-refractivity contribution >= 4 is 11.7 Å². The van der Waals surface area contributed by atoms with Crippen LogP contribution in [0, 0.1) is 5.92 Å². The van der Waals surface area contributed by atoms with Crippen molar-refractivity contribution in [3.63, 3.8) is 0 Å². The minimum atomic E-state index is -0.0921. The molecule has 1 saturated carbocycles. The van der Waals surface area contributed by atoms with Crippen molar-refractivity contribution in [2.75, 3.05) is 18.5 Å². The number of aliphatic hydroxyl groups excluding tert-OH is 1. The zero-order valence-electron chi connectivity index (χ0n) is 11.9. The SMILES string of the molecule is CCNC(=O)c1ccc(NC2CCCC2CCO)nc1. The zero-order valence-corrected chi connectivity index (χ0v) is 11.9. The monoisotopic (exact) mass is 277 g/mol. The van der Waals surface area contributed by atoms with Crippen molar-refractivity contribution in [2.24, 2.45) is 5.92 Å². The van der Waals surface area contributed by atoms with E-state index in [0.29, 0.717) is 24.1 Å². The van der Waals surface area contributed by atoms with Gasteiger partial charge >= 0.3 is 0 Å². The number of hydrogen-bond acceptors (Lipinski definition) is 4. The Hall–Kier alpha value is -1.62. The summed E-state index contributed by atoms with van der Waals surface area (Å²) < 4.78 is 0. The van der Waals surface area contributed by atoms with Gasteiger partial charge in [0, 0.05) is 25.4 Å². The molecule has 1 aliphatic carbocycles. The van der Waals surface area contributed by atoms with E-state index in [0.717, 1.165) is 25.1 Å². The van der Waals surface area contributed by atoms with Crippen molar-refractivity contribution in [1.82, 2.24) is 10.3 Å². The van der Waals surface area contributed by atoms with Crippen LogP contribution in [-0.2, 0) is 0 Å². The van der Waals surface area contributed by atoms with E-state index in [-0.39, 0.29) is 12.5 Å². The molecule has 0 spiro atoms. The van der Waals surface area contributed by atoms with Crippen LogP contribution in [0.15, 0.2) is 18.3 Å². The number of amides is 1. The van der Waals surface area contributed by atoms with Gasteiger partial charge in [-0.3, -0.25) is 4.79 Å². The molecule has 1 amide bonds. The van der Waals surface area contributed by atoms with Gasteiger partial charge in [-0.05, 0) is 44.2 Å². The molecule has 0 radical (unpaired) electrons. The van der Waals surface area contributed by atoms with Crippen LogP contribution < -0.4 is 10.6 Å². The maximum absolute atomic E-state index is 11.6. The predicted molar refractivity (Wildman–Crippen MR) is 78.7 cm³/mol. The quantitative estimate of drug-likeness (QED) is 0.741. The highest BCUT2D eigenvalue weighted by Crippen LogP contribution is 2.30. The smallest absolute Gasteiger partial charge is 0.252 e. The minimum Gasteiger partial charge on any atom is -0.396 e. The molecule has 1 aromatic rings. The lowest BCUT2D eigenvalue weighted by molar-refractivity contribution is 0.0955. The number of carbonyl (C=O) groups is 1. The number of aliphatic hydroxyl groups is 1. The normalized spacial score (nSPS) is 21.7. The molecule has 0 aliphatic heterocycles. The third kappa shape index (κ3) is 3.70. The maximum atomic E-state index is 11.6. The summed E-state index contributed by atoms with van der Waals surface area (Å²) in [4.78, 5) is 15.9. The minimum absolute atomic E-state index is 0.0921. The Morgan fingerprint density at radius 2 is 2.30 bits per heavy atom. The van der Waals surface area contributed by atoms with Crippen LogP contribution in [0.2, 0.25) is 0 Å². The molecule has 0 aromatic carbocycles. The number of nitrogens with zero attached hydrogens (tertiary/aromatic N) is 1. The van der Waals surface area contributed by atoms with Crippen LogP contribution >= 0.6 is 0 Å². The van der Waals surface area contributed by atoms with Crippen LogP contribution in [0.4, 0.5) is 5.82 Å². The number of anilines is 1. The lowest BCUT2D eigenvalue weighted by Gasteiger charge is -2.20. The first-order valence-corrected chi connectivity index (χ1v) is 7.36. The first kappa shape index (κ1) is 14.8. The van der Waals surface area contributed by atoms with Crippen LogP contribution in [0.3, 0.4) is 0 Å². The molecule has 0 saturated heterocycles. The van der Waals surface area contributed by atoms with Crippen molar-refractivity contribution in [2.45, 2.75) is 38.6 Å². The summed E-state index contributed by atoms with van der Waals surface area (Å²) >= 11 is 0. The van der Waals surface area contributed by atoms with Crippen molar-refractivity contribution < 1.29 is 9.90 Å². The number of pyridine rings is 1. The molecule has 110 valence electrons. The summed E-state index contributed by atoms with van der Waals surface area (Å²) in [5.41, 5.74) is 0.579. The van der Waals surface area contributed by atoms with Crippen molar-refractivity contribution in [3.8, 4) is 0 Å². The molecule has 1 aliphatic rings. The highest BCUT2D eigenvalue weighted by molar-refractivity contribution is 5.93. The van der Waals surface area contributed by atoms with Gasteiger partial charge in [0.1, 0.15) is 5.82 Å². The van der Waals surface area contributed by atoms with E-state index >= 15 is 0 Å². The Balaban J connectivity index is 1.95. The summed E-state index contributed by atoms with van der Waals surface area (Å²) in [6.07, 6.45) is 5.91. The van der Waals surface area contributed by atoms with Gasteiger partial charge in [-0.25, -0.2) is 4.98 Å². The Morgan fingerprint density at radius 1 is 1.45 bits per heavy atom. The van der Waals surface area contributed by atoms with Gasteiger partial charge in [-0.2, -0.15) is 0 Å². The molecule has 5 heteroatoms. The van der Waals surface area contributed by atoms with E-state index in [1.54, 1.807) is 12.3 Å². The molecule has 1 fully saturated rings. The molecule has 5 nitrogen and oxygen atoms in total. The van der Waals surface area contributed by atoms with Gasteiger partial charge < -0.3 is 15.7 Å². The second-order valence-electron chi connectivity index (χ2n) is 5.25. The topological polar surface area (TPSA) is 74.2 Å². The highest BCUT2D eigenvalue weighted by Gasteiger charge is 2.26. The van der Waals surface area contributed by atoms with E-state index in [4.69, 9.17) is 5.11 Å². The van der Waals surface area contributed by atoms with Gasteiger partial charge in [0.2, 0.25) is 0 Å². The third-order valence-electron chi connectivity index (χ3n) is 3.86. The molecule has 1 aromatic heterocycles. The number of hydrogen-bond donors (Lipinski definition) is 3. The molecule has 3 N–H and O–H groups in total. The number of carbonyl (C=O) groups excluding carboxylic acids is 1.